The Labute approximate surface area is 83.8 Å². The van der Waals surface area contributed by atoms with E-state index in [1.165, 1.54) is 5.56 Å². The van der Waals surface area contributed by atoms with E-state index >= 15 is 0 Å². The molecule has 0 bridgehead atoms. The van der Waals surface area contributed by atoms with Gasteiger partial charge in [-0.1, -0.05) is 48.0 Å². The maximum absolute atomic E-state index is 4.35. The second-order valence-electron chi connectivity index (χ2n) is 2.68. The van der Waals surface area contributed by atoms with Gasteiger partial charge in [0.05, 0.1) is 13.2 Å². The van der Waals surface area contributed by atoms with E-state index < -0.39 is 0 Å². The van der Waals surface area contributed by atoms with Gasteiger partial charge in [0.2, 0.25) is 0 Å². The summed E-state index contributed by atoms with van der Waals surface area (Å²) in [4.78, 5) is 8.69. The van der Waals surface area contributed by atoms with Crippen molar-refractivity contribution in [2.45, 2.75) is 6.42 Å². The van der Waals surface area contributed by atoms with Crippen LogP contribution in [0, 0.1) is 0 Å². The first kappa shape index (κ1) is 10.9. The highest BCUT2D eigenvalue weighted by atomic mass is 17.5. The number of hydrogen-bond donors (Lipinski definition) is 0. The van der Waals surface area contributed by atoms with Gasteiger partial charge in [0.15, 0.2) is 0 Å². The van der Waals surface area contributed by atoms with Crippen molar-refractivity contribution in [3.63, 3.8) is 0 Å². The third kappa shape index (κ3) is 4.77. The molecule has 0 spiro atoms. The minimum Gasteiger partial charge on any atom is -0.206 e. The van der Waals surface area contributed by atoms with Crippen molar-refractivity contribution in [3.8, 4) is 0 Å². The van der Waals surface area contributed by atoms with Gasteiger partial charge >= 0.3 is 0 Å². The van der Waals surface area contributed by atoms with Gasteiger partial charge in [-0.05, 0) is 5.56 Å². The lowest BCUT2D eigenvalue weighted by Crippen LogP contribution is -2.08. The summed E-state index contributed by atoms with van der Waals surface area (Å²) in [6.07, 6.45) is 2.76. The molecule has 0 aliphatic carbocycles. The zero-order valence-corrected chi connectivity index (χ0v) is 8.02. The molecule has 2 rings (SSSR count). The van der Waals surface area contributed by atoms with Crippen molar-refractivity contribution < 1.29 is 14.8 Å². The fourth-order valence-corrected chi connectivity index (χ4v) is 0.868. The zero-order chi connectivity index (χ0) is 10.1. The quantitative estimate of drug-likeness (QED) is 0.643. The Bertz CT molecular complexity index is 230. The van der Waals surface area contributed by atoms with Crippen LogP contribution in [-0.2, 0) is 14.8 Å². The maximum Gasteiger partial charge on any atom is 0.0877 e. The minimum atomic E-state index is 0.653. The van der Waals surface area contributed by atoms with Crippen LogP contribution in [0.2, 0.25) is 0 Å². The molecule has 0 unspecified atom stereocenters. The Kier molecular flexibility index (Phi) is 5.66. The van der Waals surface area contributed by atoms with E-state index in [2.05, 4.69) is 21.4 Å². The van der Waals surface area contributed by atoms with Crippen LogP contribution in [0.1, 0.15) is 12.0 Å². The fourth-order valence-electron chi connectivity index (χ4n) is 0.868. The molecule has 0 saturated carbocycles. The molecular weight excluding hydrogens is 180 g/mol. The van der Waals surface area contributed by atoms with Crippen molar-refractivity contribution in [3.05, 3.63) is 42.5 Å². The molecule has 1 heterocycles. The van der Waals surface area contributed by atoms with Crippen molar-refractivity contribution in [2.75, 3.05) is 13.2 Å². The van der Waals surface area contributed by atoms with E-state index in [0.29, 0.717) is 13.2 Å². The second-order valence-corrected chi connectivity index (χ2v) is 2.68. The van der Waals surface area contributed by atoms with Crippen LogP contribution < -0.4 is 0 Å². The number of benzene rings is 1. The first-order valence-electron chi connectivity index (χ1n) is 4.52. The normalized spacial score (nSPS) is 15.1. The molecule has 1 aromatic carbocycles. The molecule has 0 radical (unpaired) electrons. The SMILES string of the molecule is C1COOOC1.C=Cc1ccccc1. The third-order valence-corrected chi connectivity index (χ3v) is 1.59. The van der Waals surface area contributed by atoms with E-state index in [0.717, 1.165) is 6.42 Å². The lowest BCUT2D eigenvalue weighted by molar-refractivity contribution is -0.532. The summed E-state index contributed by atoms with van der Waals surface area (Å²) >= 11 is 0. The van der Waals surface area contributed by atoms with E-state index in [-0.39, 0.29) is 0 Å². The first-order valence-corrected chi connectivity index (χ1v) is 4.52. The third-order valence-electron chi connectivity index (χ3n) is 1.59. The van der Waals surface area contributed by atoms with Crippen LogP contribution in [0.5, 0.6) is 0 Å². The van der Waals surface area contributed by atoms with Gasteiger partial charge in [0.1, 0.15) is 0 Å². The smallest absolute Gasteiger partial charge is 0.0877 e. The maximum atomic E-state index is 4.35. The predicted molar refractivity (Wildman–Crippen MR) is 54.1 cm³/mol. The summed E-state index contributed by atoms with van der Waals surface area (Å²) in [5.41, 5.74) is 1.17. The Morgan fingerprint density at radius 1 is 1.07 bits per heavy atom. The molecule has 1 saturated heterocycles. The zero-order valence-electron chi connectivity index (χ0n) is 8.02. The molecule has 3 heteroatoms. The minimum absolute atomic E-state index is 0.653. The Morgan fingerprint density at radius 2 is 1.71 bits per heavy atom. The monoisotopic (exact) mass is 194 g/mol. The van der Waals surface area contributed by atoms with Gasteiger partial charge in [-0.2, -0.15) is 0 Å². The molecule has 1 aliphatic heterocycles. The number of rotatable bonds is 1. The summed E-state index contributed by atoms with van der Waals surface area (Å²) in [6, 6.07) is 10.0. The Balaban J connectivity index is 0.000000146. The Hall–Kier alpha value is -1.16. The molecule has 0 N–H and O–H groups in total. The second kappa shape index (κ2) is 7.26. The lowest BCUT2D eigenvalue weighted by atomic mass is 10.2. The molecule has 3 nitrogen and oxygen atoms in total. The van der Waals surface area contributed by atoms with Crippen molar-refractivity contribution in [1.82, 2.24) is 0 Å². The van der Waals surface area contributed by atoms with Gasteiger partial charge < -0.3 is 0 Å². The van der Waals surface area contributed by atoms with Crippen molar-refractivity contribution in [2.24, 2.45) is 0 Å². The van der Waals surface area contributed by atoms with Crippen LogP contribution in [0.4, 0.5) is 0 Å². The molecule has 1 aliphatic rings. The predicted octanol–water partition coefficient (Wildman–Crippen LogP) is 2.60. The van der Waals surface area contributed by atoms with Crippen molar-refractivity contribution >= 4 is 6.08 Å². The molecule has 1 fully saturated rings. The summed E-state index contributed by atoms with van der Waals surface area (Å²) in [5.74, 6) is 0. The van der Waals surface area contributed by atoms with E-state index in [1.54, 1.807) is 0 Å². The standard InChI is InChI=1S/C8H8.C3H6O3/c1-2-8-6-4-3-5-7-8;1-2-4-6-5-3-1/h2-7H,1H2;1-3H2. The summed E-state index contributed by atoms with van der Waals surface area (Å²) in [6.45, 7) is 4.94. The summed E-state index contributed by atoms with van der Waals surface area (Å²) in [5, 5.41) is 4.07. The Morgan fingerprint density at radius 3 is 2.00 bits per heavy atom. The fraction of sp³-hybridized carbons (Fsp3) is 0.273. The highest BCUT2D eigenvalue weighted by Crippen LogP contribution is 1.97. The molecule has 14 heavy (non-hydrogen) atoms. The first-order chi connectivity index (χ1) is 6.93. The van der Waals surface area contributed by atoms with Gasteiger partial charge in [0.25, 0.3) is 0 Å². The van der Waals surface area contributed by atoms with Gasteiger partial charge in [-0.25, -0.2) is 9.78 Å². The summed E-state index contributed by atoms with van der Waals surface area (Å²) < 4.78 is 0. The molecule has 0 aromatic heterocycles. The molecule has 0 amide bonds. The van der Waals surface area contributed by atoms with Crippen LogP contribution in [-0.4, -0.2) is 13.2 Å². The van der Waals surface area contributed by atoms with E-state index in [9.17, 15) is 0 Å². The van der Waals surface area contributed by atoms with Crippen LogP contribution in [0.3, 0.4) is 0 Å². The summed E-state index contributed by atoms with van der Waals surface area (Å²) in [7, 11) is 0. The van der Waals surface area contributed by atoms with Gasteiger partial charge in [0, 0.05) is 6.42 Å². The number of hydrogen-bond acceptors (Lipinski definition) is 3. The highest BCUT2D eigenvalue weighted by molar-refractivity contribution is 5.45. The lowest BCUT2D eigenvalue weighted by Gasteiger charge is -2.06. The van der Waals surface area contributed by atoms with Crippen LogP contribution in [0.25, 0.3) is 6.08 Å². The van der Waals surface area contributed by atoms with Crippen LogP contribution >= 0.6 is 0 Å². The van der Waals surface area contributed by atoms with Gasteiger partial charge in [-0.15, -0.1) is 0 Å². The van der Waals surface area contributed by atoms with E-state index in [4.69, 9.17) is 0 Å². The largest absolute Gasteiger partial charge is 0.206 e. The van der Waals surface area contributed by atoms with E-state index in [1.807, 2.05) is 36.4 Å². The molecular formula is C11H14O3. The average Bonchev–Trinajstić information content (AvgIpc) is 2.33. The van der Waals surface area contributed by atoms with Crippen molar-refractivity contribution in [1.29, 1.82) is 0 Å². The highest BCUT2D eigenvalue weighted by Gasteiger charge is 1.96. The molecule has 1 aromatic rings. The topological polar surface area (TPSA) is 27.7 Å². The molecule has 76 valence electrons. The molecule has 0 atom stereocenters. The average molecular weight is 194 g/mol. The van der Waals surface area contributed by atoms with Crippen LogP contribution in [0.15, 0.2) is 36.9 Å². The van der Waals surface area contributed by atoms with Gasteiger partial charge in [-0.3, -0.25) is 0 Å².